The van der Waals surface area contributed by atoms with E-state index in [0.29, 0.717) is 16.7 Å². The van der Waals surface area contributed by atoms with Crippen molar-refractivity contribution in [3.63, 3.8) is 0 Å². The van der Waals surface area contributed by atoms with Crippen molar-refractivity contribution in [2.75, 3.05) is 14.2 Å². The molecule has 0 saturated heterocycles. The number of benzene rings is 1. The third kappa shape index (κ3) is 3.62. The van der Waals surface area contributed by atoms with Crippen molar-refractivity contribution in [3.8, 4) is 11.5 Å². The van der Waals surface area contributed by atoms with E-state index >= 15 is 0 Å². The normalized spacial score (nSPS) is 12.0. The van der Waals surface area contributed by atoms with Gasteiger partial charge in [0.15, 0.2) is 5.76 Å². The number of aryl methyl sites for hydroxylation is 1. The lowest BCUT2D eigenvalue weighted by molar-refractivity contribution is -0.140. The second-order valence-electron chi connectivity index (χ2n) is 6.27. The van der Waals surface area contributed by atoms with Crippen LogP contribution in [0.25, 0.3) is 10.9 Å². The van der Waals surface area contributed by atoms with Crippen LogP contribution in [0, 0.1) is 6.92 Å². The molecule has 0 aliphatic heterocycles. The second kappa shape index (κ2) is 7.59. The van der Waals surface area contributed by atoms with Gasteiger partial charge in [-0.15, -0.1) is 0 Å². The number of aromatic amines is 1. The third-order valence-electron chi connectivity index (χ3n) is 4.44. The molecule has 0 aliphatic carbocycles. The number of rotatable bonds is 5. The molecule has 0 radical (unpaired) electrons. The van der Waals surface area contributed by atoms with Gasteiger partial charge in [0, 0.05) is 17.7 Å². The van der Waals surface area contributed by atoms with Crippen LogP contribution in [0.5, 0.6) is 11.5 Å². The van der Waals surface area contributed by atoms with Gasteiger partial charge in [0.05, 0.1) is 32.1 Å². The first-order valence-corrected chi connectivity index (χ1v) is 8.45. The zero-order valence-electron chi connectivity index (χ0n) is 15.6. The number of ether oxygens (including phenoxy) is 2. The number of pyridine rings is 1. The Morgan fingerprint density at radius 1 is 1.21 bits per heavy atom. The van der Waals surface area contributed by atoms with E-state index in [1.807, 2.05) is 0 Å². The number of esters is 1. The molecule has 146 valence electrons. The highest BCUT2D eigenvalue weighted by atomic mass is 16.5. The first kappa shape index (κ1) is 19.2. The summed E-state index contributed by atoms with van der Waals surface area (Å²) < 4.78 is 15.4. The van der Waals surface area contributed by atoms with Crippen molar-refractivity contribution in [1.29, 1.82) is 0 Å². The summed E-state index contributed by atoms with van der Waals surface area (Å²) in [6.45, 7) is 1.54. The maximum atomic E-state index is 12.7. The molecule has 0 amide bonds. The molecule has 0 bridgehead atoms. The first-order valence-electron chi connectivity index (χ1n) is 8.45. The summed E-state index contributed by atoms with van der Waals surface area (Å²) >= 11 is 0. The maximum absolute atomic E-state index is 12.7. The van der Waals surface area contributed by atoms with Gasteiger partial charge in [0.2, 0.25) is 11.2 Å². The quantitative estimate of drug-likeness (QED) is 0.646. The Labute approximate surface area is 159 Å². The Kier molecular flexibility index (Phi) is 5.21. The largest absolute Gasteiger partial charge is 0.502 e. The Bertz CT molecular complexity index is 1160. The Morgan fingerprint density at radius 2 is 1.96 bits per heavy atom. The zero-order chi connectivity index (χ0) is 20.4. The van der Waals surface area contributed by atoms with Crippen LogP contribution in [0.3, 0.4) is 0 Å². The van der Waals surface area contributed by atoms with Crippen LogP contribution in [0.1, 0.15) is 29.4 Å². The van der Waals surface area contributed by atoms with Crippen LogP contribution < -0.4 is 15.7 Å². The van der Waals surface area contributed by atoms with Crippen molar-refractivity contribution in [2.24, 2.45) is 0 Å². The highest BCUT2D eigenvalue weighted by Gasteiger charge is 2.28. The number of methoxy groups -OCH3 is 2. The monoisotopic (exact) mass is 385 g/mol. The molecule has 28 heavy (non-hydrogen) atoms. The summed E-state index contributed by atoms with van der Waals surface area (Å²) in [5.41, 5.74) is -0.444. The minimum absolute atomic E-state index is 0.159. The predicted octanol–water partition coefficient (Wildman–Crippen LogP) is 2.20. The highest BCUT2D eigenvalue weighted by molar-refractivity contribution is 5.81. The number of nitrogens with one attached hydrogen (secondary N) is 1. The fourth-order valence-corrected chi connectivity index (χ4v) is 3.04. The molecule has 1 atom stereocenters. The van der Waals surface area contributed by atoms with Crippen molar-refractivity contribution in [2.45, 2.75) is 19.3 Å². The van der Waals surface area contributed by atoms with Gasteiger partial charge < -0.3 is 24.0 Å². The van der Waals surface area contributed by atoms with Gasteiger partial charge >= 0.3 is 5.97 Å². The average Bonchev–Trinajstić information content (AvgIpc) is 2.68. The number of hydrogen-bond acceptors (Lipinski definition) is 7. The number of carbonyl (C=O) groups is 1. The number of hydrogen-bond donors (Lipinski definition) is 2. The second-order valence-corrected chi connectivity index (χ2v) is 6.27. The van der Waals surface area contributed by atoms with E-state index in [9.17, 15) is 19.5 Å². The summed E-state index contributed by atoms with van der Waals surface area (Å²) in [6.07, 6.45) is -0.290. The summed E-state index contributed by atoms with van der Waals surface area (Å²) in [5, 5.41) is 10.9. The van der Waals surface area contributed by atoms with Crippen molar-refractivity contribution in [1.82, 2.24) is 4.98 Å². The highest BCUT2D eigenvalue weighted by Crippen LogP contribution is 2.33. The van der Waals surface area contributed by atoms with Gasteiger partial charge in [0.25, 0.3) is 5.56 Å². The SMILES string of the molecule is COC(=O)C[C@H](c1oc(C)cc(=O)c1O)c1cc2ccc(OC)cc2[nH]c1=O. The summed E-state index contributed by atoms with van der Waals surface area (Å²) in [4.78, 5) is 39.4. The number of H-pyrrole nitrogens is 1. The van der Waals surface area contributed by atoms with E-state index in [-0.39, 0.29) is 23.5 Å². The molecule has 3 aromatic rings. The van der Waals surface area contributed by atoms with Gasteiger partial charge in [-0.25, -0.2) is 0 Å². The van der Waals surface area contributed by atoms with E-state index in [4.69, 9.17) is 13.9 Å². The summed E-state index contributed by atoms with van der Waals surface area (Å²) in [6, 6.07) is 7.85. The third-order valence-corrected chi connectivity index (χ3v) is 4.44. The molecule has 2 heterocycles. The fraction of sp³-hybridized carbons (Fsp3) is 0.250. The Balaban J connectivity index is 2.24. The van der Waals surface area contributed by atoms with Gasteiger partial charge in [0.1, 0.15) is 11.5 Å². The van der Waals surface area contributed by atoms with Crippen LogP contribution in [-0.4, -0.2) is 30.3 Å². The van der Waals surface area contributed by atoms with Gasteiger partial charge in [-0.2, -0.15) is 0 Å². The fourth-order valence-electron chi connectivity index (χ4n) is 3.04. The van der Waals surface area contributed by atoms with Crippen LogP contribution in [-0.2, 0) is 9.53 Å². The molecule has 0 fully saturated rings. The molecule has 2 aromatic heterocycles. The van der Waals surface area contributed by atoms with Crippen LogP contribution in [0.2, 0.25) is 0 Å². The molecule has 0 spiro atoms. The summed E-state index contributed by atoms with van der Waals surface area (Å²) in [5.74, 6) is -1.61. The van der Waals surface area contributed by atoms with Crippen LogP contribution >= 0.6 is 0 Å². The molecule has 1 aromatic carbocycles. The van der Waals surface area contributed by atoms with E-state index in [1.165, 1.54) is 21.1 Å². The zero-order valence-corrected chi connectivity index (χ0v) is 15.6. The van der Waals surface area contributed by atoms with E-state index in [0.717, 1.165) is 6.07 Å². The minimum Gasteiger partial charge on any atom is -0.502 e. The predicted molar refractivity (Wildman–Crippen MR) is 101 cm³/mol. The average molecular weight is 385 g/mol. The molecule has 2 N–H and O–H groups in total. The molecular weight excluding hydrogens is 366 g/mol. The lowest BCUT2D eigenvalue weighted by Gasteiger charge is -2.17. The molecule has 3 rings (SSSR count). The molecule has 8 heteroatoms. The molecule has 8 nitrogen and oxygen atoms in total. The number of aromatic nitrogens is 1. The van der Waals surface area contributed by atoms with E-state index < -0.39 is 28.6 Å². The molecular formula is C20H19NO7. The summed E-state index contributed by atoms with van der Waals surface area (Å²) in [7, 11) is 2.73. The maximum Gasteiger partial charge on any atom is 0.306 e. The lowest BCUT2D eigenvalue weighted by atomic mass is 9.92. The van der Waals surface area contributed by atoms with Gasteiger partial charge in [-0.05, 0) is 30.5 Å². The topological polar surface area (TPSA) is 119 Å². The smallest absolute Gasteiger partial charge is 0.306 e. The van der Waals surface area contributed by atoms with Crippen LogP contribution in [0.4, 0.5) is 0 Å². The standard InChI is InChI=1S/C20H19NO7/c1-10-6-16(22)18(24)19(28-10)13(9-17(23)27-3)14-7-11-4-5-12(26-2)8-15(11)21-20(14)25/h4-8,13,24H,9H2,1-3H3,(H,21,25)/t13-/m0/s1. The molecule has 0 unspecified atom stereocenters. The lowest BCUT2D eigenvalue weighted by Crippen LogP contribution is -2.21. The molecule has 0 aliphatic rings. The Hall–Kier alpha value is -3.55. The van der Waals surface area contributed by atoms with Crippen LogP contribution in [0.15, 0.2) is 44.3 Å². The number of carbonyl (C=O) groups excluding carboxylic acids is 1. The van der Waals surface area contributed by atoms with Crippen molar-refractivity contribution < 1.29 is 23.8 Å². The van der Waals surface area contributed by atoms with Crippen molar-refractivity contribution >= 4 is 16.9 Å². The first-order chi connectivity index (χ1) is 13.3. The van der Waals surface area contributed by atoms with Gasteiger partial charge in [-0.3, -0.25) is 14.4 Å². The van der Waals surface area contributed by atoms with Gasteiger partial charge in [-0.1, -0.05) is 0 Å². The minimum atomic E-state index is -1.00. The number of aromatic hydroxyl groups is 1. The van der Waals surface area contributed by atoms with Crippen molar-refractivity contribution in [3.05, 3.63) is 68.0 Å². The molecule has 0 saturated carbocycles. The Morgan fingerprint density at radius 3 is 2.64 bits per heavy atom. The van der Waals surface area contributed by atoms with E-state index in [1.54, 1.807) is 24.3 Å². The number of fused-ring (bicyclic) bond motifs is 1. The van der Waals surface area contributed by atoms with E-state index in [2.05, 4.69) is 4.98 Å².